The molecular formula is C25H21N3O4S. The lowest BCUT2D eigenvalue weighted by atomic mass is 10.1. The molecule has 33 heavy (non-hydrogen) atoms. The van der Waals surface area contributed by atoms with Gasteiger partial charge < -0.3 is 20.5 Å². The number of anilines is 1. The summed E-state index contributed by atoms with van der Waals surface area (Å²) in [6, 6.07) is 19.4. The maximum absolute atomic E-state index is 12.6. The van der Waals surface area contributed by atoms with E-state index in [2.05, 4.69) is 15.6 Å². The third-order valence-electron chi connectivity index (χ3n) is 4.80. The summed E-state index contributed by atoms with van der Waals surface area (Å²) in [5.41, 5.74) is 3.30. The Labute approximate surface area is 194 Å². The van der Waals surface area contributed by atoms with Crippen LogP contribution in [-0.2, 0) is 17.9 Å². The Morgan fingerprint density at radius 3 is 2.58 bits per heavy atom. The van der Waals surface area contributed by atoms with Gasteiger partial charge in [0.15, 0.2) is 0 Å². The summed E-state index contributed by atoms with van der Waals surface area (Å²) in [6.07, 6.45) is 2.75. The van der Waals surface area contributed by atoms with E-state index < -0.39 is 6.09 Å². The van der Waals surface area contributed by atoms with Gasteiger partial charge in [0, 0.05) is 34.9 Å². The molecule has 166 valence electrons. The van der Waals surface area contributed by atoms with Gasteiger partial charge in [-0.15, -0.1) is 11.3 Å². The molecule has 0 aliphatic rings. The van der Waals surface area contributed by atoms with E-state index >= 15 is 0 Å². The monoisotopic (exact) mass is 459 g/mol. The molecule has 0 bridgehead atoms. The zero-order chi connectivity index (χ0) is 23.0. The van der Waals surface area contributed by atoms with E-state index in [4.69, 9.17) is 4.74 Å². The number of phenols is 1. The van der Waals surface area contributed by atoms with Gasteiger partial charge in [0.05, 0.1) is 5.69 Å². The second kappa shape index (κ2) is 10.4. The summed E-state index contributed by atoms with van der Waals surface area (Å²) in [6.45, 7) is 0.400. The van der Waals surface area contributed by atoms with E-state index in [1.54, 1.807) is 72.3 Å². The first-order valence-electron chi connectivity index (χ1n) is 10.2. The molecule has 4 aromatic rings. The highest BCUT2D eigenvalue weighted by atomic mass is 32.1. The van der Waals surface area contributed by atoms with Crippen molar-refractivity contribution in [3.05, 3.63) is 101 Å². The summed E-state index contributed by atoms with van der Waals surface area (Å²) in [7, 11) is 0. The number of benzene rings is 2. The summed E-state index contributed by atoms with van der Waals surface area (Å²) >= 11 is 1.58. The highest BCUT2D eigenvalue weighted by Crippen LogP contribution is 2.32. The van der Waals surface area contributed by atoms with Crippen molar-refractivity contribution in [2.75, 3.05) is 5.32 Å². The molecule has 3 N–H and O–H groups in total. The lowest BCUT2D eigenvalue weighted by Gasteiger charge is -2.10. The number of carbonyl (C=O) groups excluding carboxylic acids is 2. The van der Waals surface area contributed by atoms with Gasteiger partial charge in [0.1, 0.15) is 12.4 Å². The number of ether oxygens (including phenoxy) is 1. The van der Waals surface area contributed by atoms with Crippen LogP contribution in [0.5, 0.6) is 5.75 Å². The summed E-state index contributed by atoms with van der Waals surface area (Å²) < 4.78 is 5.15. The molecule has 2 aromatic heterocycles. The van der Waals surface area contributed by atoms with Crippen LogP contribution in [0, 0.1) is 0 Å². The van der Waals surface area contributed by atoms with E-state index in [1.807, 2.05) is 23.6 Å². The molecule has 0 saturated carbocycles. The van der Waals surface area contributed by atoms with Gasteiger partial charge in [-0.25, -0.2) is 4.79 Å². The number of amides is 2. The number of thiophene rings is 1. The van der Waals surface area contributed by atoms with Gasteiger partial charge in [0.25, 0.3) is 5.91 Å². The standard InChI is InChI=1S/C25H21N3O4S/c29-22-10-9-20(23-4-2-12-33-23)13-21(22)28-24(30)19-7-5-17(6-8-19)15-27-25(31)32-16-18-3-1-11-26-14-18/h1-14,29H,15-16H2,(H,27,31)(H,28,30). The number of nitrogens with one attached hydrogen (secondary N) is 2. The SMILES string of the molecule is O=C(NCc1ccc(C(=O)Nc2cc(-c3cccs3)ccc2O)cc1)OCc1cccnc1. The van der Waals surface area contributed by atoms with Crippen molar-refractivity contribution in [3.63, 3.8) is 0 Å². The number of phenolic OH excluding ortho intramolecular Hbond substituents is 1. The molecule has 8 heteroatoms. The van der Waals surface area contributed by atoms with Gasteiger partial charge in [-0.3, -0.25) is 9.78 Å². The summed E-state index contributed by atoms with van der Waals surface area (Å²) in [5, 5.41) is 17.5. The smallest absolute Gasteiger partial charge is 0.407 e. The fourth-order valence-electron chi connectivity index (χ4n) is 3.06. The van der Waals surface area contributed by atoms with Gasteiger partial charge in [0.2, 0.25) is 0 Å². The molecule has 7 nitrogen and oxygen atoms in total. The number of carbonyl (C=O) groups is 2. The molecule has 0 radical (unpaired) electrons. The molecule has 0 atom stereocenters. The van der Waals surface area contributed by atoms with Crippen LogP contribution in [0.25, 0.3) is 10.4 Å². The first-order chi connectivity index (χ1) is 16.1. The lowest BCUT2D eigenvalue weighted by molar-refractivity contribution is 0.102. The molecule has 2 aromatic carbocycles. The number of hydrogen-bond donors (Lipinski definition) is 3. The number of nitrogens with zero attached hydrogens (tertiary/aromatic N) is 1. The second-order valence-electron chi connectivity index (χ2n) is 7.15. The van der Waals surface area contributed by atoms with Crippen molar-refractivity contribution in [1.29, 1.82) is 0 Å². The molecule has 4 rings (SSSR count). The molecule has 2 heterocycles. The topological polar surface area (TPSA) is 101 Å². The van der Waals surface area contributed by atoms with Crippen LogP contribution in [0.2, 0.25) is 0 Å². The minimum atomic E-state index is -0.540. The van der Waals surface area contributed by atoms with Crippen molar-refractivity contribution < 1.29 is 19.4 Å². The molecular weight excluding hydrogens is 438 g/mol. The maximum Gasteiger partial charge on any atom is 0.407 e. The van der Waals surface area contributed by atoms with Gasteiger partial charge in [-0.1, -0.05) is 24.3 Å². The number of alkyl carbamates (subject to hydrolysis) is 1. The summed E-state index contributed by atoms with van der Waals surface area (Å²) in [5.74, 6) is -0.349. The van der Waals surface area contributed by atoms with Gasteiger partial charge in [-0.05, 0) is 59.0 Å². The van der Waals surface area contributed by atoms with Gasteiger partial charge >= 0.3 is 6.09 Å². The van der Waals surface area contributed by atoms with Crippen LogP contribution in [0.15, 0.2) is 84.5 Å². The van der Waals surface area contributed by atoms with E-state index in [-0.39, 0.29) is 24.8 Å². The fourth-order valence-corrected chi connectivity index (χ4v) is 3.78. The molecule has 0 spiro atoms. The second-order valence-corrected chi connectivity index (χ2v) is 8.10. The third-order valence-corrected chi connectivity index (χ3v) is 5.72. The van der Waals surface area contributed by atoms with Crippen LogP contribution in [0.3, 0.4) is 0 Å². The Balaban J connectivity index is 1.31. The third kappa shape index (κ3) is 5.96. The molecule has 0 unspecified atom stereocenters. The molecule has 0 saturated heterocycles. The number of pyridine rings is 1. The first kappa shape index (κ1) is 22.0. The van der Waals surface area contributed by atoms with Crippen LogP contribution in [0.4, 0.5) is 10.5 Å². The van der Waals surface area contributed by atoms with Crippen molar-refractivity contribution in [2.24, 2.45) is 0 Å². The normalized spacial score (nSPS) is 10.4. The van der Waals surface area contributed by atoms with E-state index in [0.29, 0.717) is 11.3 Å². The first-order valence-corrected chi connectivity index (χ1v) is 11.0. The highest BCUT2D eigenvalue weighted by Gasteiger charge is 2.11. The largest absolute Gasteiger partial charge is 0.506 e. The molecule has 2 amide bonds. The van der Waals surface area contributed by atoms with Crippen molar-refractivity contribution in [1.82, 2.24) is 10.3 Å². The Morgan fingerprint density at radius 1 is 1.00 bits per heavy atom. The average Bonchev–Trinajstić information content (AvgIpc) is 3.39. The molecule has 0 aliphatic heterocycles. The average molecular weight is 460 g/mol. The number of hydrogen-bond acceptors (Lipinski definition) is 6. The zero-order valence-corrected chi connectivity index (χ0v) is 18.3. The van der Waals surface area contributed by atoms with Crippen LogP contribution < -0.4 is 10.6 Å². The van der Waals surface area contributed by atoms with E-state index in [1.165, 1.54) is 0 Å². The van der Waals surface area contributed by atoms with Gasteiger partial charge in [-0.2, -0.15) is 0 Å². The number of rotatable bonds is 7. The summed E-state index contributed by atoms with van der Waals surface area (Å²) in [4.78, 5) is 29.5. The van der Waals surface area contributed by atoms with Crippen molar-refractivity contribution >= 4 is 29.0 Å². The Hall–Kier alpha value is -4.17. The molecule has 0 aliphatic carbocycles. The Kier molecular flexibility index (Phi) is 6.96. The van der Waals surface area contributed by atoms with Crippen LogP contribution >= 0.6 is 11.3 Å². The minimum absolute atomic E-state index is 0.00530. The molecule has 0 fully saturated rings. The van der Waals surface area contributed by atoms with Crippen LogP contribution in [0.1, 0.15) is 21.5 Å². The maximum atomic E-state index is 12.6. The highest BCUT2D eigenvalue weighted by molar-refractivity contribution is 7.13. The van der Waals surface area contributed by atoms with E-state index in [0.717, 1.165) is 21.6 Å². The predicted molar refractivity (Wildman–Crippen MR) is 127 cm³/mol. The van der Waals surface area contributed by atoms with Crippen LogP contribution in [-0.4, -0.2) is 22.1 Å². The Morgan fingerprint density at radius 2 is 1.85 bits per heavy atom. The predicted octanol–water partition coefficient (Wildman–Crippen LogP) is 5.19. The zero-order valence-electron chi connectivity index (χ0n) is 17.5. The number of aromatic hydroxyl groups is 1. The fraction of sp³-hybridized carbons (Fsp3) is 0.0800. The Bertz CT molecular complexity index is 1230. The van der Waals surface area contributed by atoms with Crippen molar-refractivity contribution in [3.8, 4) is 16.2 Å². The quantitative estimate of drug-likeness (QED) is 0.330. The van der Waals surface area contributed by atoms with Crippen molar-refractivity contribution in [2.45, 2.75) is 13.2 Å². The van der Waals surface area contributed by atoms with E-state index in [9.17, 15) is 14.7 Å². The minimum Gasteiger partial charge on any atom is -0.506 e. The lowest BCUT2D eigenvalue weighted by Crippen LogP contribution is -2.23. The number of aromatic nitrogens is 1.